The van der Waals surface area contributed by atoms with Gasteiger partial charge in [-0.1, -0.05) is 31.4 Å². The third kappa shape index (κ3) is 2.44. The molecule has 19 heavy (non-hydrogen) atoms. The molecule has 1 heterocycles. The van der Waals surface area contributed by atoms with Gasteiger partial charge in [0.25, 0.3) is 0 Å². The minimum atomic E-state index is -0.297. The number of para-hydroxylation sites is 1. The fourth-order valence-corrected chi connectivity index (χ4v) is 3.11. The highest BCUT2D eigenvalue weighted by Gasteiger charge is 2.29. The first-order valence-electron chi connectivity index (χ1n) is 7.11. The number of hydrogen-bond donors (Lipinski definition) is 1. The predicted molar refractivity (Wildman–Crippen MR) is 72.9 cm³/mol. The van der Waals surface area contributed by atoms with E-state index in [9.17, 15) is 9.18 Å². The number of rotatable bonds is 1. The molecule has 0 unspecified atom stereocenters. The molecule has 1 saturated carbocycles. The molecule has 1 fully saturated rings. The molecule has 1 aliphatic carbocycles. The van der Waals surface area contributed by atoms with Crippen LogP contribution in [0.3, 0.4) is 0 Å². The second kappa shape index (κ2) is 5.19. The molecule has 4 heteroatoms. The van der Waals surface area contributed by atoms with Gasteiger partial charge in [0.15, 0.2) is 0 Å². The highest BCUT2D eigenvalue weighted by Crippen LogP contribution is 2.31. The van der Waals surface area contributed by atoms with Gasteiger partial charge in [0.2, 0.25) is 0 Å². The lowest BCUT2D eigenvalue weighted by Crippen LogP contribution is -2.45. The highest BCUT2D eigenvalue weighted by atomic mass is 19.1. The number of benzene rings is 1. The van der Waals surface area contributed by atoms with Gasteiger partial charge in [0.1, 0.15) is 5.82 Å². The van der Waals surface area contributed by atoms with Crippen molar-refractivity contribution in [3.63, 3.8) is 0 Å². The molecule has 0 aromatic heterocycles. The minimum Gasteiger partial charge on any atom is -0.335 e. The van der Waals surface area contributed by atoms with Crippen LogP contribution in [0.4, 0.5) is 14.9 Å². The lowest BCUT2D eigenvalue weighted by atomic mass is 9.96. The second-order valence-corrected chi connectivity index (χ2v) is 5.43. The van der Waals surface area contributed by atoms with Crippen LogP contribution >= 0.6 is 0 Å². The number of nitrogens with one attached hydrogen (secondary N) is 1. The average molecular weight is 262 g/mol. The average Bonchev–Trinajstić information content (AvgIpc) is 2.85. The first-order valence-corrected chi connectivity index (χ1v) is 7.11. The van der Waals surface area contributed by atoms with Crippen LogP contribution in [0.25, 0.3) is 0 Å². The Bertz CT molecular complexity index is 483. The first-order chi connectivity index (χ1) is 9.25. The molecule has 0 atom stereocenters. The molecule has 0 spiro atoms. The van der Waals surface area contributed by atoms with Crippen molar-refractivity contribution >= 4 is 11.7 Å². The number of carbonyl (C=O) groups is 1. The molecule has 3 nitrogen and oxygen atoms in total. The highest BCUT2D eigenvalue weighted by molar-refractivity contribution is 5.94. The Kier molecular flexibility index (Phi) is 3.40. The zero-order valence-corrected chi connectivity index (χ0v) is 11.0. The van der Waals surface area contributed by atoms with Gasteiger partial charge in [0, 0.05) is 12.6 Å². The van der Waals surface area contributed by atoms with Crippen LogP contribution in [0, 0.1) is 5.82 Å². The van der Waals surface area contributed by atoms with Gasteiger partial charge in [-0.05, 0) is 30.9 Å². The van der Waals surface area contributed by atoms with E-state index in [1.54, 1.807) is 11.0 Å². The Hall–Kier alpha value is -1.58. The summed E-state index contributed by atoms with van der Waals surface area (Å²) < 4.78 is 13.9. The van der Waals surface area contributed by atoms with Crippen LogP contribution in [0.15, 0.2) is 18.2 Å². The summed E-state index contributed by atoms with van der Waals surface area (Å²) in [5.74, 6) is -0.297. The molecule has 3 rings (SSSR count). The van der Waals surface area contributed by atoms with Crippen LogP contribution < -0.4 is 10.2 Å². The van der Waals surface area contributed by atoms with E-state index >= 15 is 0 Å². The molecule has 0 radical (unpaired) electrons. The van der Waals surface area contributed by atoms with Gasteiger partial charge in [-0.2, -0.15) is 0 Å². The van der Waals surface area contributed by atoms with Crippen LogP contribution in [0.2, 0.25) is 0 Å². The number of carbonyl (C=O) groups excluding carboxylic acids is 1. The normalized spacial score (nSPS) is 19.3. The Morgan fingerprint density at radius 1 is 1.26 bits per heavy atom. The van der Waals surface area contributed by atoms with Gasteiger partial charge >= 0.3 is 6.03 Å². The number of urea groups is 1. The van der Waals surface area contributed by atoms with Crippen molar-refractivity contribution in [1.82, 2.24) is 5.32 Å². The number of anilines is 1. The molecule has 2 aliphatic rings. The van der Waals surface area contributed by atoms with Gasteiger partial charge in [0.05, 0.1) is 5.69 Å². The van der Waals surface area contributed by atoms with E-state index in [2.05, 4.69) is 5.32 Å². The summed E-state index contributed by atoms with van der Waals surface area (Å²) in [5, 5.41) is 3.05. The quantitative estimate of drug-likeness (QED) is 0.828. The molecule has 1 aromatic carbocycles. The van der Waals surface area contributed by atoms with E-state index in [0.29, 0.717) is 12.2 Å². The first kappa shape index (κ1) is 12.5. The molecule has 0 bridgehead atoms. The summed E-state index contributed by atoms with van der Waals surface area (Å²) in [5.41, 5.74) is 1.40. The van der Waals surface area contributed by atoms with Crippen LogP contribution in [-0.4, -0.2) is 18.6 Å². The maximum absolute atomic E-state index is 13.9. The van der Waals surface area contributed by atoms with Crippen molar-refractivity contribution in [1.29, 1.82) is 0 Å². The van der Waals surface area contributed by atoms with Gasteiger partial charge in [-0.15, -0.1) is 0 Å². The molecular formula is C15H19FN2O. The van der Waals surface area contributed by atoms with E-state index in [4.69, 9.17) is 0 Å². The smallest absolute Gasteiger partial charge is 0.322 e. The standard InChI is InChI=1S/C15H19FN2O/c16-13-8-4-5-11-9-10-18(14(11)13)15(19)17-12-6-2-1-3-7-12/h4-5,8,12H,1-3,6-7,9-10H2,(H,17,19). The van der Waals surface area contributed by atoms with Crippen molar-refractivity contribution in [3.8, 4) is 0 Å². The summed E-state index contributed by atoms with van der Waals surface area (Å²) in [4.78, 5) is 13.8. The maximum Gasteiger partial charge on any atom is 0.322 e. The number of halogens is 1. The molecule has 2 amide bonds. The summed E-state index contributed by atoms with van der Waals surface area (Å²) in [7, 11) is 0. The second-order valence-electron chi connectivity index (χ2n) is 5.43. The number of amides is 2. The Balaban J connectivity index is 1.72. The maximum atomic E-state index is 13.9. The third-order valence-corrected chi connectivity index (χ3v) is 4.12. The molecule has 102 valence electrons. The summed E-state index contributed by atoms with van der Waals surface area (Å²) in [6.45, 7) is 0.578. The minimum absolute atomic E-state index is 0.143. The summed E-state index contributed by atoms with van der Waals surface area (Å²) in [6.07, 6.45) is 6.44. The summed E-state index contributed by atoms with van der Waals surface area (Å²) >= 11 is 0. The lowest BCUT2D eigenvalue weighted by molar-refractivity contribution is 0.238. The van der Waals surface area contributed by atoms with Crippen molar-refractivity contribution < 1.29 is 9.18 Å². The molecule has 1 aromatic rings. The number of nitrogens with zero attached hydrogens (tertiary/aromatic N) is 1. The van der Waals surface area contributed by atoms with Gasteiger partial charge in [-0.3, -0.25) is 4.90 Å². The Morgan fingerprint density at radius 2 is 2.05 bits per heavy atom. The fraction of sp³-hybridized carbons (Fsp3) is 0.533. The van der Waals surface area contributed by atoms with Crippen molar-refractivity contribution in [2.75, 3.05) is 11.4 Å². The Labute approximate surface area is 112 Å². The van der Waals surface area contributed by atoms with Gasteiger partial charge < -0.3 is 5.32 Å². The summed E-state index contributed by atoms with van der Waals surface area (Å²) in [6, 6.07) is 5.14. The Morgan fingerprint density at radius 3 is 2.84 bits per heavy atom. The van der Waals surface area contributed by atoms with E-state index in [-0.39, 0.29) is 17.9 Å². The predicted octanol–water partition coefficient (Wildman–Crippen LogP) is 3.23. The van der Waals surface area contributed by atoms with E-state index in [1.807, 2.05) is 6.07 Å². The molecular weight excluding hydrogens is 243 g/mol. The van der Waals surface area contributed by atoms with E-state index in [0.717, 1.165) is 24.8 Å². The zero-order chi connectivity index (χ0) is 13.2. The van der Waals surface area contributed by atoms with Gasteiger partial charge in [-0.25, -0.2) is 9.18 Å². The SMILES string of the molecule is O=C(NC1CCCCC1)N1CCc2cccc(F)c21. The zero-order valence-electron chi connectivity index (χ0n) is 11.0. The largest absolute Gasteiger partial charge is 0.335 e. The van der Waals surface area contributed by atoms with Crippen molar-refractivity contribution in [3.05, 3.63) is 29.6 Å². The van der Waals surface area contributed by atoms with E-state index < -0.39 is 0 Å². The topological polar surface area (TPSA) is 32.3 Å². The monoisotopic (exact) mass is 262 g/mol. The lowest BCUT2D eigenvalue weighted by Gasteiger charge is -2.26. The van der Waals surface area contributed by atoms with Crippen LogP contribution in [0.1, 0.15) is 37.7 Å². The van der Waals surface area contributed by atoms with Crippen LogP contribution in [0.5, 0.6) is 0 Å². The molecule has 1 N–H and O–H groups in total. The number of hydrogen-bond acceptors (Lipinski definition) is 1. The van der Waals surface area contributed by atoms with E-state index in [1.165, 1.54) is 25.3 Å². The van der Waals surface area contributed by atoms with Crippen molar-refractivity contribution in [2.24, 2.45) is 0 Å². The van der Waals surface area contributed by atoms with Crippen molar-refractivity contribution in [2.45, 2.75) is 44.6 Å². The molecule has 0 saturated heterocycles. The molecule has 1 aliphatic heterocycles. The third-order valence-electron chi connectivity index (χ3n) is 4.12. The van der Waals surface area contributed by atoms with Crippen LogP contribution in [-0.2, 0) is 6.42 Å². The fourth-order valence-electron chi connectivity index (χ4n) is 3.11. The number of fused-ring (bicyclic) bond motifs is 1.